The maximum Gasteiger partial charge on any atom is 0.255 e. The first-order valence-corrected chi connectivity index (χ1v) is 6.04. The molecule has 7 heteroatoms. The summed E-state index contributed by atoms with van der Waals surface area (Å²) in [6.45, 7) is 2.45. The molecule has 1 N–H and O–H groups in total. The molecule has 1 heterocycles. The molecule has 5 nitrogen and oxygen atoms in total. The molecule has 1 amide bonds. The van der Waals surface area contributed by atoms with Gasteiger partial charge < -0.3 is 14.5 Å². The summed E-state index contributed by atoms with van der Waals surface area (Å²) in [6, 6.07) is 0. The normalized spacial score (nSPS) is 11.1. The zero-order valence-corrected chi connectivity index (χ0v) is 11.0. The van der Waals surface area contributed by atoms with E-state index in [2.05, 4.69) is 5.16 Å². The number of carbonyl (C=O) groups excluding carboxylic acids is 1. The standard InChI is InChI=1S/C12H18F2N2O3/c1-8-10(9(2)19-15-8)3-4-12(18)16(5-6-17)7-11(13)14/h11,17H,3-7H2,1-2H3. The highest BCUT2D eigenvalue weighted by atomic mass is 19.3. The first-order valence-electron chi connectivity index (χ1n) is 6.04. The lowest BCUT2D eigenvalue weighted by Crippen LogP contribution is -2.37. The molecule has 0 fully saturated rings. The molecule has 1 aromatic heterocycles. The van der Waals surface area contributed by atoms with Crippen LogP contribution in [0.3, 0.4) is 0 Å². The number of aromatic nitrogens is 1. The number of halogens is 2. The number of aryl methyl sites for hydroxylation is 2. The number of rotatable bonds is 7. The fourth-order valence-electron chi connectivity index (χ4n) is 1.85. The summed E-state index contributed by atoms with van der Waals surface area (Å²) in [5.41, 5.74) is 1.53. The molecule has 0 unspecified atom stereocenters. The maximum absolute atomic E-state index is 12.3. The van der Waals surface area contributed by atoms with E-state index in [9.17, 15) is 13.6 Å². The van der Waals surface area contributed by atoms with Gasteiger partial charge in [-0.15, -0.1) is 0 Å². The van der Waals surface area contributed by atoms with Gasteiger partial charge in [-0.3, -0.25) is 4.79 Å². The van der Waals surface area contributed by atoms with Crippen molar-refractivity contribution in [2.45, 2.75) is 33.1 Å². The molecule has 0 bridgehead atoms. The number of amides is 1. The number of alkyl halides is 2. The first-order chi connectivity index (χ1) is 8.95. The lowest BCUT2D eigenvalue weighted by Gasteiger charge is -2.21. The summed E-state index contributed by atoms with van der Waals surface area (Å²) in [6.07, 6.45) is -2.12. The number of aliphatic hydroxyl groups excluding tert-OH is 1. The second-order valence-electron chi connectivity index (χ2n) is 4.26. The minimum absolute atomic E-state index is 0.0786. The molecular weight excluding hydrogens is 258 g/mol. The fourth-order valence-corrected chi connectivity index (χ4v) is 1.85. The van der Waals surface area contributed by atoms with Gasteiger partial charge in [0.25, 0.3) is 6.43 Å². The summed E-state index contributed by atoms with van der Waals surface area (Å²) in [5, 5.41) is 12.5. The first kappa shape index (κ1) is 15.6. The highest BCUT2D eigenvalue weighted by Crippen LogP contribution is 2.15. The fraction of sp³-hybridized carbons (Fsp3) is 0.667. The van der Waals surface area contributed by atoms with E-state index >= 15 is 0 Å². The molecule has 0 spiro atoms. The number of aliphatic hydroxyl groups is 1. The van der Waals surface area contributed by atoms with Gasteiger partial charge in [-0.2, -0.15) is 0 Å². The van der Waals surface area contributed by atoms with Crippen molar-refractivity contribution in [3.05, 3.63) is 17.0 Å². The van der Waals surface area contributed by atoms with Crippen LogP contribution in [-0.2, 0) is 11.2 Å². The van der Waals surface area contributed by atoms with Crippen LogP contribution in [-0.4, -0.2) is 47.2 Å². The van der Waals surface area contributed by atoms with Gasteiger partial charge in [-0.1, -0.05) is 5.16 Å². The number of carbonyl (C=O) groups is 1. The monoisotopic (exact) mass is 276 g/mol. The topological polar surface area (TPSA) is 66.6 Å². The van der Waals surface area contributed by atoms with Crippen molar-refractivity contribution in [3.63, 3.8) is 0 Å². The Morgan fingerprint density at radius 1 is 1.47 bits per heavy atom. The van der Waals surface area contributed by atoms with Crippen molar-refractivity contribution in [2.24, 2.45) is 0 Å². The van der Waals surface area contributed by atoms with Gasteiger partial charge >= 0.3 is 0 Å². The Labute approximate surface area is 110 Å². The van der Waals surface area contributed by atoms with Gasteiger partial charge in [0.05, 0.1) is 18.8 Å². The Bertz CT molecular complexity index is 402. The zero-order valence-electron chi connectivity index (χ0n) is 11.0. The largest absolute Gasteiger partial charge is 0.395 e. The molecule has 0 aromatic carbocycles. The van der Waals surface area contributed by atoms with E-state index in [0.29, 0.717) is 17.9 Å². The molecule has 0 saturated heterocycles. The summed E-state index contributed by atoms with van der Waals surface area (Å²) in [5.74, 6) is 0.224. The van der Waals surface area contributed by atoms with Crippen molar-refractivity contribution < 1.29 is 23.2 Å². The Hall–Kier alpha value is -1.50. The van der Waals surface area contributed by atoms with Crippen LogP contribution < -0.4 is 0 Å². The quantitative estimate of drug-likeness (QED) is 0.815. The third-order valence-electron chi connectivity index (χ3n) is 2.85. The van der Waals surface area contributed by atoms with Gasteiger partial charge in [0.2, 0.25) is 5.91 Å². The van der Waals surface area contributed by atoms with Crippen LogP contribution in [0.4, 0.5) is 8.78 Å². The number of nitrogens with zero attached hydrogens (tertiary/aromatic N) is 2. The van der Waals surface area contributed by atoms with E-state index in [1.807, 2.05) is 0 Å². The van der Waals surface area contributed by atoms with E-state index in [1.54, 1.807) is 13.8 Å². The van der Waals surface area contributed by atoms with E-state index in [0.717, 1.165) is 10.5 Å². The van der Waals surface area contributed by atoms with Gasteiger partial charge in [-0.25, -0.2) is 8.78 Å². The van der Waals surface area contributed by atoms with Crippen molar-refractivity contribution in [3.8, 4) is 0 Å². The van der Waals surface area contributed by atoms with Crippen LogP contribution in [0, 0.1) is 13.8 Å². The van der Waals surface area contributed by atoms with Gasteiger partial charge in [0, 0.05) is 18.5 Å². The Morgan fingerprint density at radius 2 is 2.16 bits per heavy atom. The minimum atomic E-state index is -2.60. The minimum Gasteiger partial charge on any atom is -0.395 e. The third-order valence-corrected chi connectivity index (χ3v) is 2.85. The molecule has 0 aliphatic carbocycles. The summed E-state index contributed by atoms with van der Waals surface area (Å²) in [4.78, 5) is 12.8. The zero-order chi connectivity index (χ0) is 14.4. The van der Waals surface area contributed by atoms with E-state index < -0.39 is 18.9 Å². The average Bonchev–Trinajstić information content (AvgIpc) is 2.65. The van der Waals surface area contributed by atoms with Crippen molar-refractivity contribution in [1.82, 2.24) is 10.1 Å². The van der Waals surface area contributed by atoms with Crippen LogP contribution in [0.1, 0.15) is 23.4 Å². The smallest absolute Gasteiger partial charge is 0.255 e. The van der Waals surface area contributed by atoms with Crippen LogP contribution in [0.25, 0.3) is 0 Å². The van der Waals surface area contributed by atoms with Crippen LogP contribution in [0.2, 0.25) is 0 Å². The van der Waals surface area contributed by atoms with Crippen LogP contribution >= 0.6 is 0 Å². The average molecular weight is 276 g/mol. The lowest BCUT2D eigenvalue weighted by molar-refractivity contribution is -0.133. The van der Waals surface area contributed by atoms with Gasteiger partial charge in [0.15, 0.2) is 0 Å². The SMILES string of the molecule is Cc1noc(C)c1CCC(=O)N(CCO)CC(F)F. The van der Waals surface area contributed by atoms with E-state index in [4.69, 9.17) is 9.63 Å². The second-order valence-corrected chi connectivity index (χ2v) is 4.26. The molecule has 108 valence electrons. The van der Waals surface area contributed by atoms with E-state index in [-0.39, 0.29) is 19.6 Å². The van der Waals surface area contributed by atoms with Gasteiger partial charge in [-0.05, 0) is 20.3 Å². The van der Waals surface area contributed by atoms with Gasteiger partial charge in [0.1, 0.15) is 5.76 Å². The molecule has 1 aromatic rings. The molecule has 0 aliphatic heterocycles. The molecule has 0 atom stereocenters. The molecule has 0 saturated carbocycles. The third kappa shape index (κ3) is 4.59. The van der Waals surface area contributed by atoms with Crippen molar-refractivity contribution in [2.75, 3.05) is 19.7 Å². The highest BCUT2D eigenvalue weighted by molar-refractivity contribution is 5.76. The number of hydrogen-bond acceptors (Lipinski definition) is 4. The Morgan fingerprint density at radius 3 is 2.63 bits per heavy atom. The molecular formula is C12H18F2N2O3. The molecule has 1 rings (SSSR count). The maximum atomic E-state index is 12.3. The predicted octanol–water partition coefficient (Wildman–Crippen LogP) is 1.31. The highest BCUT2D eigenvalue weighted by Gasteiger charge is 2.19. The molecule has 0 radical (unpaired) electrons. The summed E-state index contributed by atoms with van der Waals surface area (Å²) >= 11 is 0. The van der Waals surface area contributed by atoms with Crippen molar-refractivity contribution in [1.29, 1.82) is 0 Å². The summed E-state index contributed by atoms with van der Waals surface area (Å²) in [7, 11) is 0. The van der Waals surface area contributed by atoms with Crippen molar-refractivity contribution >= 4 is 5.91 Å². The molecule has 0 aliphatic rings. The Balaban J connectivity index is 2.57. The van der Waals surface area contributed by atoms with E-state index in [1.165, 1.54) is 0 Å². The van der Waals surface area contributed by atoms with Crippen LogP contribution in [0.15, 0.2) is 4.52 Å². The lowest BCUT2D eigenvalue weighted by atomic mass is 10.1. The second kappa shape index (κ2) is 7.18. The number of hydrogen-bond donors (Lipinski definition) is 1. The van der Waals surface area contributed by atoms with Crippen LogP contribution in [0.5, 0.6) is 0 Å². The Kier molecular flexibility index (Phi) is 5.88. The summed E-state index contributed by atoms with van der Waals surface area (Å²) < 4.78 is 29.6. The predicted molar refractivity (Wildman–Crippen MR) is 64.0 cm³/mol. The molecule has 19 heavy (non-hydrogen) atoms.